The number of methoxy groups -OCH3 is 1. The van der Waals surface area contributed by atoms with Gasteiger partial charge < -0.3 is 14.7 Å². The van der Waals surface area contributed by atoms with Gasteiger partial charge in [-0.05, 0) is 19.1 Å². The number of ether oxygens (including phenoxy) is 1. The quantitative estimate of drug-likeness (QED) is 0.758. The first-order chi connectivity index (χ1) is 8.61. The molecule has 100 valence electrons. The molecule has 1 aromatic carbocycles. The van der Waals surface area contributed by atoms with Gasteiger partial charge in [-0.3, -0.25) is 0 Å². The van der Waals surface area contributed by atoms with Gasteiger partial charge in [0.1, 0.15) is 5.82 Å². The van der Waals surface area contributed by atoms with Crippen molar-refractivity contribution < 1.29 is 14.2 Å². The predicted octanol–water partition coefficient (Wildman–Crippen LogP) is 2.52. The summed E-state index contributed by atoms with van der Waals surface area (Å²) in [5.74, 6) is -0.394. The van der Waals surface area contributed by atoms with Gasteiger partial charge in [-0.15, -0.1) is 6.58 Å². The molecule has 1 atom stereocenters. The zero-order valence-corrected chi connectivity index (χ0v) is 10.9. The predicted molar refractivity (Wildman–Crippen MR) is 71.3 cm³/mol. The molecule has 4 heteroatoms. The van der Waals surface area contributed by atoms with Crippen LogP contribution in [-0.4, -0.2) is 31.9 Å². The number of hydrogen-bond acceptors (Lipinski definition) is 3. The highest BCUT2D eigenvalue weighted by Crippen LogP contribution is 2.28. The molecule has 1 aromatic rings. The highest BCUT2D eigenvalue weighted by molar-refractivity contribution is 5.55. The number of aliphatic hydroxyl groups excluding tert-OH is 1. The first-order valence-corrected chi connectivity index (χ1v) is 5.93. The van der Waals surface area contributed by atoms with Crippen LogP contribution >= 0.6 is 0 Å². The number of nitrogens with zero attached hydrogens (tertiary/aromatic N) is 1. The van der Waals surface area contributed by atoms with Crippen LogP contribution in [-0.2, 0) is 4.74 Å². The zero-order valence-electron chi connectivity index (χ0n) is 10.9. The van der Waals surface area contributed by atoms with E-state index in [-0.39, 0.29) is 0 Å². The average molecular weight is 253 g/mol. The number of halogens is 1. The summed E-state index contributed by atoms with van der Waals surface area (Å²) in [5, 5.41) is 9.70. The number of aliphatic hydroxyl groups is 1. The summed E-state index contributed by atoms with van der Waals surface area (Å²) in [4.78, 5) is 1.93. The number of anilines is 1. The fourth-order valence-corrected chi connectivity index (χ4v) is 1.88. The molecule has 1 rings (SSSR count). The van der Waals surface area contributed by atoms with E-state index in [1.807, 2.05) is 4.90 Å². The Bertz CT molecular complexity index is 393. The fourth-order valence-electron chi connectivity index (χ4n) is 1.88. The van der Waals surface area contributed by atoms with Crippen molar-refractivity contribution in [3.63, 3.8) is 0 Å². The molecular weight excluding hydrogens is 233 g/mol. The molecule has 0 aliphatic rings. The second-order valence-electron chi connectivity index (χ2n) is 4.08. The van der Waals surface area contributed by atoms with Crippen LogP contribution in [0.2, 0.25) is 0 Å². The molecule has 0 fully saturated rings. The Kier molecular flexibility index (Phi) is 5.82. The first-order valence-electron chi connectivity index (χ1n) is 5.93. The van der Waals surface area contributed by atoms with Crippen LogP contribution in [0.15, 0.2) is 30.9 Å². The Morgan fingerprint density at radius 2 is 2.28 bits per heavy atom. The minimum atomic E-state index is -0.851. The van der Waals surface area contributed by atoms with Crippen molar-refractivity contribution in [1.82, 2.24) is 0 Å². The minimum absolute atomic E-state index is 0.315. The molecule has 1 N–H and O–H groups in total. The summed E-state index contributed by atoms with van der Waals surface area (Å²) in [6.45, 7) is 6.98. The van der Waals surface area contributed by atoms with Crippen LogP contribution in [0.5, 0.6) is 0 Å². The molecule has 0 heterocycles. The van der Waals surface area contributed by atoms with Crippen LogP contribution in [0.25, 0.3) is 0 Å². The molecule has 0 bridgehead atoms. The fraction of sp³-hybridized carbons (Fsp3) is 0.429. The smallest absolute Gasteiger partial charge is 0.131 e. The van der Waals surface area contributed by atoms with E-state index in [4.69, 9.17) is 4.74 Å². The third-order valence-electron chi connectivity index (χ3n) is 2.70. The SMILES string of the molecule is C=CCN(CCOC)c1cccc(F)c1[C@@H](C)O. The monoisotopic (exact) mass is 253 g/mol. The third-order valence-corrected chi connectivity index (χ3v) is 2.70. The Balaban J connectivity index is 3.09. The lowest BCUT2D eigenvalue weighted by Crippen LogP contribution is -2.28. The largest absolute Gasteiger partial charge is 0.389 e. The Morgan fingerprint density at radius 1 is 1.56 bits per heavy atom. The van der Waals surface area contributed by atoms with E-state index in [1.54, 1.807) is 32.2 Å². The second-order valence-corrected chi connectivity index (χ2v) is 4.08. The maximum Gasteiger partial charge on any atom is 0.131 e. The maximum atomic E-state index is 13.8. The zero-order chi connectivity index (χ0) is 13.5. The maximum absolute atomic E-state index is 13.8. The van der Waals surface area contributed by atoms with Crippen LogP contribution in [0.3, 0.4) is 0 Å². The lowest BCUT2D eigenvalue weighted by molar-refractivity contribution is 0.193. The Labute approximate surface area is 107 Å². The van der Waals surface area contributed by atoms with E-state index in [9.17, 15) is 9.50 Å². The topological polar surface area (TPSA) is 32.7 Å². The molecule has 0 aliphatic heterocycles. The first kappa shape index (κ1) is 14.7. The molecular formula is C14H20FNO2. The lowest BCUT2D eigenvalue weighted by Gasteiger charge is -2.26. The molecule has 18 heavy (non-hydrogen) atoms. The van der Waals surface area contributed by atoms with Crippen molar-refractivity contribution >= 4 is 5.69 Å². The van der Waals surface area contributed by atoms with Crippen molar-refractivity contribution in [2.75, 3.05) is 31.7 Å². The van der Waals surface area contributed by atoms with E-state index >= 15 is 0 Å². The standard InChI is InChI=1S/C14H20FNO2/c1-4-8-16(9-10-18-3)13-7-5-6-12(15)14(13)11(2)17/h4-7,11,17H,1,8-10H2,2-3H3/t11-/m1/s1. The van der Waals surface area contributed by atoms with Crippen LogP contribution < -0.4 is 4.90 Å². The van der Waals surface area contributed by atoms with E-state index in [0.717, 1.165) is 0 Å². The van der Waals surface area contributed by atoms with Gasteiger partial charge >= 0.3 is 0 Å². The molecule has 0 saturated heterocycles. The van der Waals surface area contributed by atoms with Crippen molar-refractivity contribution in [3.8, 4) is 0 Å². The van der Waals surface area contributed by atoms with Crippen molar-refractivity contribution in [3.05, 3.63) is 42.2 Å². The normalized spacial score (nSPS) is 12.2. The molecule has 3 nitrogen and oxygen atoms in total. The molecule has 0 radical (unpaired) electrons. The molecule has 0 aromatic heterocycles. The molecule has 0 amide bonds. The van der Waals surface area contributed by atoms with Gasteiger partial charge in [0.25, 0.3) is 0 Å². The van der Waals surface area contributed by atoms with Gasteiger partial charge in [-0.25, -0.2) is 4.39 Å². The summed E-state index contributed by atoms with van der Waals surface area (Å²) < 4.78 is 18.8. The van der Waals surface area contributed by atoms with E-state index in [2.05, 4.69) is 6.58 Å². The molecule has 0 unspecified atom stereocenters. The third kappa shape index (κ3) is 3.55. The van der Waals surface area contributed by atoms with Crippen molar-refractivity contribution in [2.45, 2.75) is 13.0 Å². The van der Waals surface area contributed by atoms with Crippen LogP contribution in [0.4, 0.5) is 10.1 Å². The second kappa shape index (κ2) is 7.13. The summed E-state index contributed by atoms with van der Waals surface area (Å²) in [7, 11) is 1.62. The van der Waals surface area contributed by atoms with Gasteiger partial charge in [0.15, 0.2) is 0 Å². The van der Waals surface area contributed by atoms with Crippen molar-refractivity contribution in [2.24, 2.45) is 0 Å². The highest BCUT2D eigenvalue weighted by atomic mass is 19.1. The molecule has 0 spiro atoms. The number of rotatable bonds is 7. The highest BCUT2D eigenvalue weighted by Gasteiger charge is 2.17. The Morgan fingerprint density at radius 3 is 2.83 bits per heavy atom. The lowest BCUT2D eigenvalue weighted by atomic mass is 10.1. The summed E-state index contributed by atoms with van der Waals surface area (Å²) in [5.41, 5.74) is 0.998. The van der Waals surface area contributed by atoms with Crippen LogP contribution in [0, 0.1) is 5.82 Å². The van der Waals surface area contributed by atoms with Gasteiger partial charge in [-0.1, -0.05) is 12.1 Å². The van der Waals surface area contributed by atoms with Crippen molar-refractivity contribution in [1.29, 1.82) is 0 Å². The minimum Gasteiger partial charge on any atom is -0.389 e. The van der Waals surface area contributed by atoms with Gasteiger partial charge in [0.2, 0.25) is 0 Å². The molecule has 0 saturated carbocycles. The number of hydrogen-bond donors (Lipinski definition) is 1. The van der Waals surface area contributed by atoms with Crippen LogP contribution in [0.1, 0.15) is 18.6 Å². The summed E-state index contributed by atoms with van der Waals surface area (Å²) in [6.07, 6.45) is 0.892. The average Bonchev–Trinajstić information content (AvgIpc) is 2.33. The molecule has 0 aliphatic carbocycles. The summed E-state index contributed by atoms with van der Waals surface area (Å²) >= 11 is 0. The Hall–Kier alpha value is -1.39. The van der Waals surface area contributed by atoms with E-state index in [1.165, 1.54) is 6.07 Å². The summed E-state index contributed by atoms with van der Waals surface area (Å²) in [6, 6.07) is 4.79. The van der Waals surface area contributed by atoms with Gasteiger partial charge in [-0.2, -0.15) is 0 Å². The van der Waals surface area contributed by atoms with E-state index < -0.39 is 11.9 Å². The van der Waals surface area contributed by atoms with E-state index in [0.29, 0.717) is 30.9 Å². The number of benzene rings is 1. The van der Waals surface area contributed by atoms with Gasteiger partial charge in [0.05, 0.1) is 12.7 Å². The van der Waals surface area contributed by atoms with Gasteiger partial charge in [0, 0.05) is 31.5 Å².